The van der Waals surface area contributed by atoms with E-state index in [1.807, 2.05) is 0 Å². The monoisotopic (exact) mass is 196 g/mol. The van der Waals surface area contributed by atoms with Crippen molar-refractivity contribution in [2.45, 2.75) is 29.0 Å². The van der Waals surface area contributed by atoms with Crippen LogP contribution in [0.15, 0.2) is 0 Å². The average molecular weight is 196 g/mol. The number of thioether (sulfide) groups is 1. The van der Waals surface area contributed by atoms with Gasteiger partial charge < -0.3 is 25.5 Å². The van der Waals surface area contributed by atoms with E-state index in [0.717, 1.165) is 11.8 Å². The zero-order valence-corrected chi connectivity index (χ0v) is 7.05. The highest BCUT2D eigenvalue weighted by Gasteiger charge is 2.42. The predicted molar refractivity (Wildman–Crippen MR) is 42.5 cm³/mol. The Hall–Kier alpha value is 0.150. The molecule has 5 nitrogen and oxygen atoms in total. The fraction of sp³-hybridized carbons (Fsp3) is 1.00. The molecule has 6 heteroatoms. The zero-order valence-electron chi connectivity index (χ0n) is 6.24. The first kappa shape index (κ1) is 10.2. The molecule has 0 amide bonds. The van der Waals surface area contributed by atoms with Gasteiger partial charge in [0.15, 0.2) is 0 Å². The lowest BCUT2D eigenvalue weighted by Crippen LogP contribution is -2.53. The summed E-state index contributed by atoms with van der Waals surface area (Å²) in [6.45, 7) is -0.341. The van der Waals surface area contributed by atoms with Crippen LogP contribution in [0.1, 0.15) is 0 Å². The maximum atomic E-state index is 9.22. The standard InChI is InChI=1S/C6H12O5S/c7-1-2-3(8)4(9)5(10)6(11)12-2/h2-11H,1H2/t2-,3-,4-,5-,6?/m0/s1. The van der Waals surface area contributed by atoms with Crippen LogP contribution >= 0.6 is 11.8 Å². The van der Waals surface area contributed by atoms with Gasteiger partial charge in [0, 0.05) is 0 Å². The van der Waals surface area contributed by atoms with E-state index < -0.39 is 29.0 Å². The van der Waals surface area contributed by atoms with Gasteiger partial charge in [-0.3, -0.25) is 0 Å². The Bertz CT molecular complexity index is 150. The number of aliphatic hydroxyl groups is 5. The molecule has 1 rings (SSSR count). The maximum Gasteiger partial charge on any atom is 0.128 e. The molecule has 1 aliphatic heterocycles. The van der Waals surface area contributed by atoms with Crippen LogP contribution in [0.5, 0.6) is 0 Å². The highest BCUT2D eigenvalue weighted by atomic mass is 32.2. The minimum Gasteiger partial charge on any atom is -0.395 e. The first-order chi connectivity index (χ1) is 5.57. The van der Waals surface area contributed by atoms with Gasteiger partial charge in [0.2, 0.25) is 0 Å². The van der Waals surface area contributed by atoms with Crippen LogP contribution < -0.4 is 0 Å². The molecule has 1 aliphatic rings. The Morgan fingerprint density at radius 2 is 1.50 bits per heavy atom. The Balaban J connectivity index is 2.63. The van der Waals surface area contributed by atoms with Crippen LogP contribution in [0.2, 0.25) is 0 Å². The molecule has 0 aromatic carbocycles. The molecule has 1 fully saturated rings. The van der Waals surface area contributed by atoms with Crippen molar-refractivity contribution in [3.05, 3.63) is 0 Å². The van der Waals surface area contributed by atoms with Crippen LogP contribution in [0, 0.1) is 0 Å². The van der Waals surface area contributed by atoms with Gasteiger partial charge in [-0.1, -0.05) is 0 Å². The topological polar surface area (TPSA) is 101 Å². The molecule has 0 aromatic rings. The van der Waals surface area contributed by atoms with E-state index in [9.17, 15) is 5.11 Å². The summed E-state index contributed by atoms with van der Waals surface area (Å²) in [4.78, 5) is 0. The van der Waals surface area contributed by atoms with Gasteiger partial charge in [-0.05, 0) is 0 Å². The second kappa shape index (κ2) is 3.91. The molecule has 0 aliphatic carbocycles. The fourth-order valence-electron chi connectivity index (χ4n) is 1.08. The molecule has 1 saturated heterocycles. The van der Waals surface area contributed by atoms with Gasteiger partial charge in [0.25, 0.3) is 0 Å². The molecule has 5 N–H and O–H groups in total. The minimum atomic E-state index is -1.39. The lowest BCUT2D eigenvalue weighted by atomic mass is 10.0. The average Bonchev–Trinajstić information content (AvgIpc) is 2.08. The Morgan fingerprint density at radius 3 is 2.00 bits per heavy atom. The normalized spacial score (nSPS) is 49.2. The van der Waals surface area contributed by atoms with E-state index in [-0.39, 0.29) is 6.61 Å². The van der Waals surface area contributed by atoms with Crippen molar-refractivity contribution in [2.75, 3.05) is 6.61 Å². The summed E-state index contributed by atoms with van der Waals surface area (Å²) in [6, 6.07) is 0. The molecule has 1 heterocycles. The van der Waals surface area contributed by atoms with E-state index >= 15 is 0 Å². The van der Waals surface area contributed by atoms with Crippen molar-refractivity contribution in [1.82, 2.24) is 0 Å². The lowest BCUT2D eigenvalue weighted by Gasteiger charge is -2.36. The SMILES string of the molecule is OC[C@@H]1SC(O)[C@@H](O)[C@@H](O)[C@H]1O. The van der Waals surface area contributed by atoms with Crippen LogP contribution in [-0.4, -0.2) is 61.1 Å². The molecule has 0 saturated carbocycles. The molecule has 0 spiro atoms. The van der Waals surface area contributed by atoms with Crippen molar-refractivity contribution in [3.8, 4) is 0 Å². The van der Waals surface area contributed by atoms with Crippen LogP contribution in [0.3, 0.4) is 0 Å². The summed E-state index contributed by atoms with van der Waals surface area (Å²) < 4.78 is 0. The third kappa shape index (κ3) is 1.73. The molecule has 12 heavy (non-hydrogen) atoms. The van der Waals surface area contributed by atoms with Crippen molar-refractivity contribution < 1.29 is 25.5 Å². The first-order valence-electron chi connectivity index (χ1n) is 3.56. The third-order valence-corrected chi connectivity index (χ3v) is 3.20. The number of aliphatic hydroxyl groups excluding tert-OH is 5. The van der Waals surface area contributed by atoms with Crippen LogP contribution in [-0.2, 0) is 0 Å². The molecular weight excluding hydrogens is 184 g/mol. The lowest BCUT2D eigenvalue weighted by molar-refractivity contribution is -0.0953. The van der Waals surface area contributed by atoms with Gasteiger partial charge in [0.05, 0.1) is 18.0 Å². The number of hydrogen-bond donors (Lipinski definition) is 5. The second-order valence-electron chi connectivity index (χ2n) is 2.72. The van der Waals surface area contributed by atoms with Crippen LogP contribution in [0.4, 0.5) is 0 Å². The van der Waals surface area contributed by atoms with Crippen molar-refractivity contribution in [3.63, 3.8) is 0 Å². The molecule has 0 radical (unpaired) electrons. The zero-order chi connectivity index (χ0) is 9.30. The number of hydrogen-bond acceptors (Lipinski definition) is 6. The van der Waals surface area contributed by atoms with Crippen molar-refractivity contribution >= 4 is 11.8 Å². The van der Waals surface area contributed by atoms with E-state index in [0.29, 0.717) is 0 Å². The molecular formula is C6H12O5S. The van der Waals surface area contributed by atoms with Crippen LogP contribution in [0.25, 0.3) is 0 Å². The van der Waals surface area contributed by atoms with E-state index in [4.69, 9.17) is 20.4 Å². The molecule has 72 valence electrons. The van der Waals surface area contributed by atoms with Gasteiger partial charge in [-0.2, -0.15) is 0 Å². The van der Waals surface area contributed by atoms with Gasteiger partial charge in [-0.15, -0.1) is 11.8 Å². The largest absolute Gasteiger partial charge is 0.395 e. The van der Waals surface area contributed by atoms with Gasteiger partial charge in [-0.25, -0.2) is 0 Å². The summed E-state index contributed by atoms with van der Waals surface area (Å²) in [5, 5.41) is 44.6. The quantitative estimate of drug-likeness (QED) is 0.318. The summed E-state index contributed by atoms with van der Waals surface area (Å²) in [6.07, 6.45) is -3.94. The number of rotatable bonds is 1. The molecule has 0 bridgehead atoms. The maximum absolute atomic E-state index is 9.22. The van der Waals surface area contributed by atoms with Crippen molar-refractivity contribution in [1.29, 1.82) is 0 Å². The highest BCUT2D eigenvalue weighted by molar-refractivity contribution is 8.00. The van der Waals surface area contributed by atoms with Gasteiger partial charge >= 0.3 is 0 Å². The highest BCUT2D eigenvalue weighted by Crippen LogP contribution is 2.30. The molecule has 1 unspecified atom stereocenters. The first-order valence-corrected chi connectivity index (χ1v) is 4.50. The van der Waals surface area contributed by atoms with Gasteiger partial charge in [0.1, 0.15) is 17.6 Å². The molecule has 0 aromatic heterocycles. The smallest absolute Gasteiger partial charge is 0.128 e. The fourth-order valence-corrected chi connectivity index (χ4v) is 2.17. The predicted octanol–water partition coefficient (Wildman–Crippen LogP) is -2.50. The molecule has 5 atom stereocenters. The van der Waals surface area contributed by atoms with E-state index in [1.165, 1.54) is 0 Å². The Labute approximate surface area is 73.7 Å². The third-order valence-electron chi connectivity index (χ3n) is 1.87. The van der Waals surface area contributed by atoms with E-state index in [1.54, 1.807) is 0 Å². The summed E-state index contributed by atoms with van der Waals surface area (Å²) >= 11 is 0.852. The summed E-state index contributed by atoms with van der Waals surface area (Å²) in [5.74, 6) is 0. The second-order valence-corrected chi connectivity index (χ2v) is 4.08. The summed E-state index contributed by atoms with van der Waals surface area (Å²) in [7, 11) is 0. The van der Waals surface area contributed by atoms with Crippen molar-refractivity contribution in [2.24, 2.45) is 0 Å². The summed E-state index contributed by atoms with van der Waals surface area (Å²) in [5.41, 5.74) is -1.15. The van der Waals surface area contributed by atoms with E-state index in [2.05, 4.69) is 0 Å². The Morgan fingerprint density at radius 1 is 0.917 bits per heavy atom. The Kier molecular flexibility index (Phi) is 3.33. The minimum absolute atomic E-state index is 0.341.